The molecule has 0 atom stereocenters. The molecule has 21 heavy (non-hydrogen) atoms. The van der Waals surface area contributed by atoms with E-state index in [1.54, 1.807) is 18.2 Å². The lowest BCUT2D eigenvalue weighted by Gasteiger charge is -2.08. The predicted molar refractivity (Wildman–Crippen MR) is 75.5 cm³/mol. The maximum Gasteiger partial charge on any atom is 0.262 e. The first-order valence-corrected chi connectivity index (χ1v) is 6.13. The van der Waals surface area contributed by atoms with Crippen molar-refractivity contribution in [2.75, 3.05) is 11.9 Å². The van der Waals surface area contributed by atoms with Crippen molar-refractivity contribution >= 4 is 17.5 Å². The number of hydrogen-bond donors (Lipinski definition) is 2. The van der Waals surface area contributed by atoms with E-state index in [1.807, 2.05) is 0 Å². The molecule has 5 nitrogen and oxygen atoms in total. The molecule has 0 saturated carbocycles. The number of hydrogen-bond acceptors (Lipinski definition) is 3. The summed E-state index contributed by atoms with van der Waals surface area (Å²) in [5.74, 6) is -1.51. The van der Waals surface area contributed by atoms with Crippen LogP contribution in [0, 0.1) is 5.82 Å². The maximum atomic E-state index is 13.3. The van der Waals surface area contributed by atoms with E-state index < -0.39 is 17.6 Å². The number of nitrogens with one attached hydrogen (secondary N) is 1. The molecule has 0 bridgehead atoms. The van der Waals surface area contributed by atoms with Gasteiger partial charge >= 0.3 is 0 Å². The van der Waals surface area contributed by atoms with Gasteiger partial charge in [0.2, 0.25) is 5.91 Å². The number of para-hydroxylation sites is 1. The lowest BCUT2D eigenvalue weighted by Crippen LogP contribution is -2.20. The third-order valence-corrected chi connectivity index (χ3v) is 2.65. The average molecular weight is 288 g/mol. The number of carbonyl (C=O) groups excluding carboxylic acids is 2. The highest BCUT2D eigenvalue weighted by atomic mass is 19.1. The van der Waals surface area contributed by atoms with Gasteiger partial charge < -0.3 is 15.8 Å². The first-order chi connectivity index (χ1) is 10.1. The highest BCUT2D eigenvalue weighted by Crippen LogP contribution is 2.15. The van der Waals surface area contributed by atoms with Crippen LogP contribution in [0.3, 0.4) is 0 Å². The van der Waals surface area contributed by atoms with Crippen molar-refractivity contribution in [1.82, 2.24) is 0 Å². The number of benzene rings is 2. The van der Waals surface area contributed by atoms with Crippen LogP contribution in [0.1, 0.15) is 10.4 Å². The quantitative estimate of drug-likeness (QED) is 0.882. The highest BCUT2D eigenvalue weighted by molar-refractivity contribution is 5.95. The molecular weight excluding hydrogens is 275 g/mol. The van der Waals surface area contributed by atoms with Gasteiger partial charge in [-0.2, -0.15) is 0 Å². The normalized spacial score (nSPS) is 9.95. The minimum Gasteiger partial charge on any atom is -0.481 e. The van der Waals surface area contributed by atoms with E-state index in [0.29, 0.717) is 11.3 Å². The SMILES string of the molecule is NC(=O)c1ccc(NC(=O)COc2ccccc2F)cc1. The first-order valence-electron chi connectivity index (χ1n) is 6.13. The third kappa shape index (κ3) is 4.04. The zero-order valence-corrected chi connectivity index (χ0v) is 11.0. The number of primary amides is 1. The zero-order chi connectivity index (χ0) is 15.2. The van der Waals surface area contributed by atoms with E-state index in [2.05, 4.69) is 5.32 Å². The Labute approximate surface area is 120 Å². The van der Waals surface area contributed by atoms with Crippen LogP contribution in [-0.4, -0.2) is 18.4 Å². The summed E-state index contributed by atoms with van der Waals surface area (Å²) in [6, 6.07) is 11.9. The second kappa shape index (κ2) is 6.51. The molecule has 2 rings (SSSR count). The first kappa shape index (κ1) is 14.5. The standard InChI is InChI=1S/C15H13FN2O3/c16-12-3-1-2-4-13(12)21-9-14(19)18-11-7-5-10(6-8-11)15(17)20/h1-8H,9H2,(H2,17,20)(H,18,19). The van der Waals surface area contributed by atoms with Gasteiger partial charge in [-0.25, -0.2) is 4.39 Å². The van der Waals surface area contributed by atoms with Crippen molar-refractivity contribution in [3.8, 4) is 5.75 Å². The molecule has 108 valence electrons. The van der Waals surface area contributed by atoms with E-state index >= 15 is 0 Å². The van der Waals surface area contributed by atoms with Crippen LogP contribution in [0.2, 0.25) is 0 Å². The van der Waals surface area contributed by atoms with E-state index in [4.69, 9.17) is 10.5 Å². The number of carbonyl (C=O) groups is 2. The van der Waals surface area contributed by atoms with Gasteiger partial charge in [-0.05, 0) is 36.4 Å². The van der Waals surface area contributed by atoms with Gasteiger partial charge in [-0.15, -0.1) is 0 Å². The Hall–Kier alpha value is -2.89. The Morgan fingerprint density at radius 1 is 1.10 bits per heavy atom. The Kier molecular flexibility index (Phi) is 4.50. The number of amides is 2. The average Bonchev–Trinajstić information content (AvgIpc) is 2.47. The molecule has 0 unspecified atom stereocenters. The minimum atomic E-state index is -0.546. The fourth-order valence-electron chi connectivity index (χ4n) is 1.62. The third-order valence-electron chi connectivity index (χ3n) is 2.65. The van der Waals surface area contributed by atoms with Crippen LogP contribution in [0.5, 0.6) is 5.75 Å². The molecule has 2 amide bonds. The summed E-state index contributed by atoms with van der Waals surface area (Å²) in [7, 11) is 0. The van der Waals surface area contributed by atoms with Crippen LogP contribution in [-0.2, 0) is 4.79 Å². The molecular formula is C15H13FN2O3. The number of anilines is 1. The van der Waals surface area contributed by atoms with Crippen molar-refractivity contribution in [3.63, 3.8) is 0 Å². The highest BCUT2D eigenvalue weighted by Gasteiger charge is 2.07. The lowest BCUT2D eigenvalue weighted by molar-refractivity contribution is -0.118. The largest absolute Gasteiger partial charge is 0.481 e. The van der Waals surface area contributed by atoms with Crippen LogP contribution < -0.4 is 15.8 Å². The molecule has 0 aromatic heterocycles. The monoisotopic (exact) mass is 288 g/mol. The van der Waals surface area contributed by atoms with Crippen LogP contribution in [0.15, 0.2) is 48.5 Å². The minimum absolute atomic E-state index is 0.0109. The Balaban J connectivity index is 1.90. The Bertz CT molecular complexity index is 656. The molecule has 0 aliphatic carbocycles. The van der Waals surface area contributed by atoms with Gasteiger partial charge in [0.25, 0.3) is 5.91 Å². The fourth-order valence-corrected chi connectivity index (χ4v) is 1.62. The van der Waals surface area contributed by atoms with Gasteiger partial charge in [-0.1, -0.05) is 12.1 Å². The van der Waals surface area contributed by atoms with Crippen molar-refractivity contribution in [3.05, 3.63) is 59.9 Å². The Morgan fingerprint density at radius 2 is 1.76 bits per heavy atom. The van der Waals surface area contributed by atoms with Gasteiger partial charge in [0, 0.05) is 11.3 Å². The summed E-state index contributed by atoms with van der Waals surface area (Å²) in [6.07, 6.45) is 0. The summed E-state index contributed by atoms with van der Waals surface area (Å²) in [6.45, 7) is -0.321. The van der Waals surface area contributed by atoms with Gasteiger partial charge in [0.1, 0.15) is 0 Å². The van der Waals surface area contributed by atoms with Gasteiger partial charge in [0.05, 0.1) is 0 Å². The maximum absolute atomic E-state index is 13.3. The fraction of sp³-hybridized carbons (Fsp3) is 0.0667. The molecule has 0 saturated heterocycles. The van der Waals surface area contributed by atoms with Crippen molar-refractivity contribution in [2.24, 2.45) is 5.73 Å². The van der Waals surface area contributed by atoms with E-state index in [-0.39, 0.29) is 12.4 Å². The lowest BCUT2D eigenvalue weighted by atomic mass is 10.2. The van der Waals surface area contributed by atoms with Gasteiger partial charge in [0.15, 0.2) is 18.2 Å². The molecule has 6 heteroatoms. The van der Waals surface area contributed by atoms with Crippen LogP contribution >= 0.6 is 0 Å². The smallest absolute Gasteiger partial charge is 0.262 e. The molecule has 2 aromatic carbocycles. The van der Waals surface area contributed by atoms with Gasteiger partial charge in [-0.3, -0.25) is 9.59 Å². The van der Waals surface area contributed by atoms with E-state index in [9.17, 15) is 14.0 Å². The molecule has 0 fully saturated rings. The number of ether oxygens (including phenoxy) is 1. The second-order valence-corrected chi connectivity index (χ2v) is 4.21. The van der Waals surface area contributed by atoms with Crippen LogP contribution in [0.4, 0.5) is 10.1 Å². The molecule has 0 heterocycles. The van der Waals surface area contributed by atoms with Crippen molar-refractivity contribution < 1.29 is 18.7 Å². The molecule has 0 aliphatic heterocycles. The number of halogens is 1. The number of nitrogens with two attached hydrogens (primary N) is 1. The van der Waals surface area contributed by atoms with E-state index in [0.717, 1.165) is 0 Å². The molecule has 0 aliphatic rings. The second-order valence-electron chi connectivity index (χ2n) is 4.21. The van der Waals surface area contributed by atoms with Crippen LogP contribution in [0.25, 0.3) is 0 Å². The molecule has 2 aromatic rings. The molecule has 0 radical (unpaired) electrons. The Morgan fingerprint density at radius 3 is 2.38 bits per heavy atom. The summed E-state index contributed by atoms with van der Waals surface area (Å²) in [5.41, 5.74) is 5.94. The van der Waals surface area contributed by atoms with Crippen molar-refractivity contribution in [1.29, 1.82) is 0 Å². The summed E-state index contributed by atoms with van der Waals surface area (Å²) < 4.78 is 18.4. The predicted octanol–water partition coefficient (Wildman–Crippen LogP) is 1.94. The summed E-state index contributed by atoms with van der Waals surface area (Å²) in [5, 5.41) is 2.56. The van der Waals surface area contributed by atoms with Crippen molar-refractivity contribution in [2.45, 2.75) is 0 Å². The molecule has 0 spiro atoms. The number of rotatable bonds is 5. The van der Waals surface area contributed by atoms with E-state index in [1.165, 1.54) is 30.3 Å². The molecule has 3 N–H and O–H groups in total. The summed E-state index contributed by atoms with van der Waals surface area (Å²) in [4.78, 5) is 22.6. The topological polar surface area (TPSA) is 81.4 Å². The summed E-state index contributed by atoms with van der Waals surface area (Å²) >= 11 is 0. The zero-order valence-electron chi connectivity index (χ0n) is 11.0.